The van der Waals surface area contributed by atoms with Crippen molar-refractivity contribution in [2.75, 3.05) is 6.26 Å². The molecular weight excluding hydrogens is 369 g/mol. The van der Waals surface area contributed by atoms with Crippen LogP contribution in [0.2, 0.25) is 0 Å². The lowest BCUT2D eigenvalue weighted by Gasteiger charge is -2.14. The van der Waals surface area contributed by atoms with E-state index < -0.39 is 22.3 Å². The van der Waals surface area contributed by atoms with E-state index in [2.05, 4.69) is 9.84 Å². The summed E-state index contributed by atoms with van der Waals surface area (Å²) in [5, 5.41) is 4.12. The number of hydrogen-bond acceptors (Lipinski definition) is 4. The van der Waals surface area contributed by atoms with Crippen LogP contribution >= 0.6 is 0 Å². The summed E-state index contributed by atoms with van der Waals surface area (Å²) < 4.78 is 68.0. The van der Waals surface area contributed by atoms with Crippen LogP contribution in [0.3, 0.4) is 0 Å². The third-order valence-electron chi connectivity index (χ3n) is 3.59. The standard InChI is InChI=1S/C17H13F3N2O3S/c1-26(23,24)13-6-7-14(16(10-13)25-17(19)20)15-8-9-21-22(15)12-4-2-11(18)3-5-12/h2-10,17H,1H3. The number of aromatic nitrogens is 2. The topological polar surface area (TPSA) is 61.2 Å². The minimum Gasteiger partial charge on any atom is -0.434 e. The van der Waals surface area contributed by atoms with E-state index in [1.807, 2.05) is 0 Å². The van der Waals surface area contributed by atoms with Crippen molar-refractivity contribution in [1.82, 2.24) is 9.78 Å². The van der Waals surface area contributed by atoms with Crippen LogP contribution in [-0.4, -0.2) is 31.1 Å². The molecule has 0 aliphatic rings. The van der Waals surface area contributed by atoms with Crippen LogP contribution in [0, 0.1) is 5.82 Å². The van der Waals surface area contributed by atoms with Gasteiger partial charge in [0.25, 0.3) is 0 Å². The van der Waals surface area contributed by atoms with Gasteiger partial charge in [-0.05, 0) is 48.5 Å². The van der Waals surface area contributed by atoms with E-state index in [1.54, 1.807) is 6.07 Å². The Balaban J connectivity index is 2.15. The van der Waals surface area contributed by atoms with Gasteiger partial charge < -0.3 is 4.74 Å². The largest absolute Gasteiger partial charge is 0.434 e. The number of sulfone groups is 1. The molecule has 0 amide bonds. The molecule has 0 unspecified atom stereocenters. The number of benzene rings is 2. The molecule has 3 rings (SSSR count). The van der Waals surface area contributed by atoms with Crippen molar-refractivity contribution in [1.29, 1.82) is 0 Å². The zero-order chi connectivity index (χ0) is 18.9. The second-order valence-electron chi connectivity index (χ2n) is 5.41. The summed E-state index contributed by atoms with van der Waals surface area (Å²) in [5.74, 6) is -0.728. The van der Waals surface area contributed by atoms with Crippen molar-refractivity contribution >= 4 is 9.84 Å². The average molecular weight is 382 g/mol. The highest BCUT2D eigenvalue weighted by Crippen LogP contribution is 2.34. The van der Waals surface area contributed by atoms with Gasteiger partial charge in [0.1, 0.15) is 11.6 Å². The molecule has 2 aromatic carbocycles. The fourth-order valence-electron chi connectivity index (χ4n) is 2.43. The summed E-state index contributed by atoms with van der Waals surface area (Å²) in [5.41, 5.74) is 1.11. The molecule has 0 bridgehead atoms. The van der Waals surface area contributed by atoms with E-state index in [9.17, 15) is 21.6 Å². The van der Waals surface area contributed by atoms with Gasteiger partial charge in [-0.3, -0.25) is 0 Å². The van der Waals surface area contributed by atoms with Crippen LogP contribution in [0.4, 0.5) is 13.2 Å². The number of hydrogen-bond donors (Lipinski definition) is 0. The van der Waals surface area contributed by atoms with Crippen molar-refractivity contribution in [3.8, 4) is 22.7 Å². The molecule has 0 fully saturated rings. The molecule has 1 heterocycles. The zero-order valence-electron chi connectivity index (χ0n) is 13.4. The molecule has 0 aliphatic heterocycles. The van der Waals surface area contributed by atoms with Crippen molar-refractivity contribution in [3.63, 3.8) is 0 Å². The second kappa shape index (κ2) is 6.83. The normalized spacial score (nSPS) is 11.7. The van der Waals surface area contributed by atoms with Gasteiger partial charge in [-0.25, -0.2) is 17.5 Å². The van der Waals surface area contributed by atoms with Crippen molar-refractivity contribution in [2.24, 2.45) is 0 Å². The van der Waals surface area contributed by atoms with Gasteiger partial charge in [0.2, 0.25) is 0 Å². The van der Waals surface area contributed by atoms with Gasteiger partial charge in [-0.2, -0.15) is 13.9 Å². The summed E-state index contributed by atoms with van der Waals surface area (Å²) in [6.45, 7) is -3.13. The smallest absolute Gasteiger partial charge is 0.387 e. The Morgan fingerprint density at radius 3 is 2.38 bits per heavy atom. The van der Waals surface area contributed by atoms with Gasteiger partial charge in [-0.1, -0.05) is 0 Å². The summed E-state index contributed by atoms with van der Waals surface area (Å²) in [4.78, 5) is -0.148. The van der Waals surface area contributed by atoms with Gasteiger partial charge in [0.05, 0.1) is 22.5 Å². The Kier molecular flexibility index (Phi) is 4.73. The van der Waals surface area contributed by atoms with Crippen LogP contribution in [-0.2, 0) is 9.84 Å². The zero-order valence-corrected chi connectivity index (χ0v) is 14.3. The van der Waals surface area contributed by atoms with Gasteiger partial charge >= 0.3 is 6.61 Å². The summed E-state index contributed by atoms with van der Waals surface area (Å²) in [7, 11) is -3.60. The lowest BCUT2D eigenvalue weighted by atomic mass is 10.1. The molecule has 0 radical (unpaired) electrons. The molecule has 0 aliphatic carbocycles. The van der Waals surface area contributed by atoms with E-state index in [0.29, 0.717) is 11.4 Å². The number of alkyl halides is 2. The maximum atomic E-state index is 13.1. The Hall–Kier alpha value is -2.81. The van der Waals surface area contributed by atoms with Gasteiger partial charge in [0, 0.05) is 11.8 Å². The van der Waals surface area contributed by atoms with Crippen LogP contribution in [0.15, 0.2) is 59.6 Å². The molecular formula is C17H13F3N2O3S. The highest BCUT2D eigenvalue weighted by atomic mass is 32.2. The van der Waals surface area contributed by atoms with Gasteiger partial charge in [-0.15, -0.1) is 0 Å². The minimum atomic E-state index is -3.60. The molecule has 0 atom stereocenters. The van der Waals surface area contributed by atoms with Crippen LogP contribution < -0.4 is 4.74 Å². The van der Waals surface area contributed by atoms with Crippen molar-refractivity contribution in [2.45, 2.75) is 11.5 Å². The molecule has 9 heteroatoms. The molecule has 5 nitrogen and oxygen atoms in total. The van der Waals surface area contributed by atoms with E-state index in [4.69, 9.17) is 0 Å². The first kappa shape index (κ1) is 18.0. The first-order chi connectivity index (χ1) is 12.3. The maximum absolute atomic E-state index is 13.1. The molecule has 0 spiro atoms. The van der Waals surface area contributed by atoms with Crippen LogP contribution in [0.25, 0.3) is 16.9 Å². The molecule has 26 heavy (non-hydrogen) atoms. The minimum absolute atomic E-state index is 0.148. The Labute approximate surface area is 147 Å². The van der Waals surface area contributed by atoms with E-state index in [0.717, 1.165) is 12.3 Å². The Morgan fingerprint density at radius 2 is 1.77 bits per heavy atom. The first-order valence-corrected chi connectivity index (χ1v) is 9.24. The molecule has 1 aromatic heterocycles. The third-order valence-corrected chi connectivity index (χ3v) is 4.70. The lowest BCUT2D eigenvalue weighted by Crippen LogP contribution is -2.07. The molecule has 136 valence electrons. The Bertz CT molecular complexity index is 1030. The van der Waals surface area contributed by atoms with E-state index in [-0.39, 0.29) is 16.2 Å². The van der Waals surface area contributed by atoms with E-state index in [1.165, 1.54) is 47.3 Å². The SMILES string of the molecule is CS(=O)(=O)c1ccc(-c2ccnn2-c2ccc(F)cc2)c(OC(F)F)c1. The second-order valence-corrected chi connectivity index (χ2v) is 7.43. The Morgan fingerprint density at radius 1 is 1.08 bits per heavy atom. The van der Waals surface area contributed by atoms with Crippen molar-refractivity contribution in [3.05, 3.63) is 60.5 Å². The fraction of sp³-hybridized carbons (Fsp3) is 0.118. The number of halogens is 3. The quantitative estimate of drug-likeness (QED) is 0.675. The summed E-state index contributed by atoms with van der Waals surface area (Å²) in [6.07, 6.45) is 2.41. The monoisotopic (exact) mass is 382 g/mol. The maximum Gasteiger partial charge on any atom is 0.387 e. The molecule has 0 N–H and O–H groups in total. The first-order valence-electron chi connectivity index (χ1n) is 7.35. The van der Waals surface area contributed by atoms with Crippen molar-refractivity contribution < 1.29 is 26.3 Å². The summed E-state index contributed by atoms with van der Waals surface area (Å²) in [6, 6.07) is 10.7. The number of nitrogens with zero attached hydrogens (tertiary/aromatic N) is 2. The summed E-state index contributed by atoms with van der Waals surface area (Å²) >= 11 is 0. The average Bonchev–Trinajstić information content (AvgIpc) is 3.03. The molecule has 0 saturated carbocycles. The fourth-order valence-corrected chi connectivity index (χ4v) is 3.07. The number of ether oxygens (including phenoxy) is 1. The molecule has 0 saturated heterocycles. The lowest BCUT2D eigenvalue weighted by molar-refractivity contribution is -0.0496. The number of rotatable bonds is 5. The van der Waals surface area contributed by atoms with Crippen LogP contribution in [0.5, 0.6) is 5.75 Å². The molecule has 3 aromatic rings. The highest BCUT2D eigenvalue weighted by Gasteiger charge is 2.19. The third kappa shape index (κ3) is 3.72. The van der Waals surface area contributed by atoms with E-state index >= 15 is 0 Å². The van der Waals surface area contributed by atoms with Crippen LogP contribution in [0.1, 0.15) is 0 Å². The predicted octanol–water partition coefficient (Wildman–Crippen LogP) is 3.68. The highest BCUT2D eigenvalue weighted by molar-refractivity contribution is 7.90. The van der Waals surface area contributed by atoms with Gasteiger partial charge in [0.15, 0.2) is 9.84 Å². The predicted molar refractivity (Wildman–Crippen MR) is 88.7 cm³/mol.